The molecule has 0 aliphatic carbocycles. The first kappa shape index (κ1) is 16.9. The summed E-state index contributed by atoms with van der Waals surface area (Å²) >= 11 is 0. The van der Waals surface area contributed by atoms with Crippen LogP contribution in [0.5, 0.6) is 0 Å². The van der Waals surface area contributed by atoms with E-state index in [9.17, 15) is 9.90 Å². The molecule has 1 aromatic rings. The van der Waals surface area contributed by atoms with Crippen LogP contribution in [0, 0.1) is 6.92 Å². The maximum absolute atomic E-state index is 11.9. The number of carbonyl (C=O) groups is 1. The molecule has 3 nitrogen and oxygen atoms in total. The Hall–Kier alpha value is -1.51. The molecule has 0 aromatic heterocycles. The van der Waals surface area contributed by atoms with Crippen LogP contribution in [-0.4, -0.2) is 22.7 Å². The minimum Gasteiger partial charge on any atom is -0.480 e. The lowest BCUT2D eigenvalue weighted by Crippen LogP contribution is -2.56. The molecule has 22 heavy (non-hydrogen) atoms. The highest BCUT2D eigenvalue weighted by atomic mass is 16.4. The molecule has 3 heteroatoms. The van der Waals surface area contributed by atoms with Gasteiger partial charge in [-0.25, -0.2) is 4.79 Å². The SMILES string of the molecule is CCCCC(C(=O)O)N1c2ccc(C)cc2C(C)CC1(C)C. The van der Waals surface area contributed by atoms with E-state index in [0.29, 0.717) is 12.3 Å². The number of hydrogen-bond acceptors (Lipinski definition) is 2. The van der Waals surface area contributed by atoms with Crippen LogP contribution in [0.2, 0.25) is 0 Å². The standard InChI is InChI=1S/C19H29NO2/c1-6-7-8-17(18(21)22)20-16-10-9-13(2)11-15(16)14(3)12-19(20,4)5/h9-11,14,17H,6-8,12H2,1-5H3,(H,21,22). The minimum atomic E-state index is -0.706. The summed E-state index contributed by atoms with van der Waals surface area (Å²) in [5.41, 5.74) is 3.50. The quantitative estimate of drug-likeness (QED) is 0.854. The van der Waals surface area contributed by atoms with Crippen LogP contribution in [0.15, 0.2) is 18.2 Å². The number of hydrogen-bond donors (Lipinski definition) is 1. The molecule has 1 aromatic carbocycles. The highest BCUT2D eigenvalue weighted by Crippen LogP contribution is 2.45. The van der Waals surface area contributed by atoms with Gasteiger partial charge in [-0.15, -0.1) is 0 Å². The highest BCUT2D eigenvalue weighted by Gasteiger charge is 2.42. The van der Waals surface area contributed by atoms with Gasteiger partial charge in [-0.3, -0.25) is 0 Å². The van der Waals surface area contributed by atoms with E-state index in [1.165, 1.54) is 11.1 Å². The Labute approximate surface area is 134 Å². The first-order valence-corrected chi connectivity index (χ1v) is 8.40. The number of nitrogens with zero attached hydrogens (tertiary/aromatic N) is 1. The summed E-state index contributed by atoms with van der Waals surface area (Å²) in [5.74, 6) is -0.246. The van der Waals surface area contributed by atoms with E-state index in [1.807, 2.05) is 0 Å². The molecule has 2 rings (SSSR count). The lowest BCUT2D eigenvalue weighted by atomic mass is 9.78. The molecule has 1 aliphatic rings. The minimum absolute atomic E-state index is 0.140. The number of fused-ring (bicyclic) bond motifs is 1. The first-order chi connectivity index (χ1) is 10.3. The van der Waals surface area contributed by atoms with E-state index >= 15 is 0 Å². The molecular formula is C19H29NO2. The number of rotatable bonds is 5. The number of carboxylic acids is 1. The monoisotopic (exact) mass is 303 g/mol. The Bertz CT molecular complexity index is 550. The van der Waals surface area contributed by atoms with Gasteiger partial charge >= 0.3 is 5.97 Å². The summed E-state index contributed by atoms with van der Waals surface area (Å²) in [6, 6.07) is 5.99. The van der Waals surface area contributed by atoms with Crippen LogP contribution in [0.4, 0.5) is 5.69 Å². The molecule has 0 bridgehead atoms. The fourth-order valence-corrected chi connectivity index (χ4v) is 3.92. The van der Waals surface area contributed by atoms with Gasteiger partial charge in [0.25, 0.3) is 0 Å². The Morgan fingerprint density at radius 2 is 2.14 bits per heavy atom. The van der Waals surface area contributed by atoms with Gasteiger partial charge in [0.15, 0.2) is 0 Å². The normalized spacial score (nSPS) is 21.3. The predicted octanol–water partition coefficient (Wildman–Crippen LogP) is 4.73. The molecule has 2 atom stereocenters. The Morgan fingerprint density at radius 3 is 2.73 bits per heavy atom. The van der Waals surface area contributed by atoms with Crippen molar-refractivity contribution in [2.24, 2.45) is 0 Å². The number of benzene rings is 1. The zero-order valence-electron chi connectivity index (χ0n) is 14.5. The van der Waals surface area contributed by atoms with Gasteiger partial charge in [-0.2, -0.15) is 0 Å². The molecule has 1 heterocycles. The van der Waals surface area contributed by atoms with Crippen LogP contribution in [0.3, 0.4) is 0 Å². The molecule has 0 radical (unpaired) electrons. The molecule has 0 saturated heterocycles. The highest BCUT2D eigenvalue weighted by molar-refractivity contribution is 5.80. The van der Waals surface area contributed by atoms with Crippen molar-refractivity contribution >= 4 is 11.7 Å². The summed E-state index contributed by atoms with van der Waals surface area (Å²) in [5, 5.41) is 9.79. The van der Waals surface area contributed by atoms with E-state index in [4.69, 9.17) is 0 Å². The summed E-state index contributed by atoms with van der Waals surface area (Å²) in [4.78, 5) is 14.1. The van der Waals surface area contributed by atoms with E-state index in [0.717, 1.165) is 24.9 Å². The molecule has 2 unspecified atom stereocenters. The third kappa shape index (κ3) is 3.13. The predicted molar refractivity (Wildman–Crippen MR) is 91.7 cm³/mol. The maximum Gasteiger partial charge on any atom is 0.326 e. The molecule has 0 spiro atoms. The van der Waals surface area contributed by atoms with Crippen molar-refractivity contribution < 1.29 is 9.90 Å². The fraction of sp³-hybridized carbons (Fsp3) is 0.632. The number of aryl methyl sites for hydroxylation is 1. The van der Waals surface area contributed by atoms with Gasteiger partial charge in [0.1, 0.15) is 6.04 Å². The maximum atomic E-state index is 11.9. The summed E-state index contributed by atoms with van der Waals surface area (Å²) in [6.07, 6.45) is 3.66. The molecular weight excluding hydrogens is 274 g/mol. The van der Waals surface area contributed by atoms with E-state index in [-0.39, 0.29) is 5.54 Å². The van der Waals surface area contributed by atoms with Crippen LogP contribution in [0.1, 0.15) is 70.4 Å². The third-order valence-electron chi connectivity index (χ3n) is 4.86. The van der Waals surface area contributed by atoms with Crippen LogP contribution in [-0.2, 0) is 4.79 Å². The Kier molecular flexibility index (Phi) is 4.84. The fourth-order valence-electron chi connectivity index (χ4n) is 3.92. The van der Waals surface area contributed by atoms with Crippen molar-refractivity contribution in [3.63, 3.8) is 0 Å². The topological polar surface area (TPSA) is 40.5 Å². The molecule has 0 fully saturated rings. The van der Waals surface area contributed by atoms with E-state index < -0.39 is 12.0 Å². The average molecular weight is 303 g/mol. The van der Waals surface area contributed by atoms with Gasteiger partial charge in [0, 0.05) is 11.2 Å². The zero-order valence-corrected chi connectivity index (χ0v) is 14.5. The smallest absolute Gasteiger partial charge is 0.326 e. The van der Waals surface area contributed by atoms with Crippen LogP contribution in [0.25, 0.3) is 0 Å². The van der Waals surface area contributed by atoms with Crippen molar-refractivity contribution in [2.75, 3.05) is 4.90 Å². The van der Waals surface area contributed by atoms with Gasteiger partial charge < -0.3 is 10.0 Å². The summed E-state index contributed by atoms with van der Waals surface area (Å²) in [7, 11) is 0. The van der Waals surface area contributed by atoms with Gasteiger partial charge in [-0.1, -0.05) is 44.4 Å². The van der Waals surface area contributed by atoms with Gasteiger partial charge in [0.05, 0.1) is 0 Å². The average Bonchev–Trinajstić information content (AvgIpc) is 2.41. The molecule has 1 aliphatic heterocycles. The lowest BCUT2D eigenvalue weighted by Gasteiger charge is -2.50. The number of carboxylic acid groups (broad SMARTS) is 1. The summed E-state index contributed by atoms with van der Waals surface area (Å²) in [6.45, 7) is 10.8. The largest absolute Gasteiger partial charge is 0.480 e. The van der Waals surface area contributed by atoms with Crippen LogP contribution < -0.4 is 4.90 Å². The molecule has 0 saturated carbocycles. The summed E-state index contributed by atoms with van der Waals surface area (Å²) < 4.78 is 0. The van der Waals surface area contributed by atoms with E-state index in [1.54, 1.807) is 0 Å². The third-order valence-corrected chi connectivity index (χ3v) is 4.86. The molecule has 1 N–H and O–H groups in total. The van der Waals surface area contributed by atoms with Crippen molar-refractivity contribution in [3.8, 4) is 0 Å². The van der Waals surface area contributed by atoms with E-state index in [2.05, 4.69) is 57.7 Å². The molecule has 122 valence electrons. The van der Waals surface area contributed by atoms with Gasteiger partial charge in [0.2, 0.25) is 0 Å². The number of anilines is 1. The first-order valence-electron chi connectivity index (χ1n) is 8.40. The Balaban J connectivity index is 2.51. The van der Waals surface area contributed by atoms with Crippen LogP contribution >= 0.6 is 0 Å². The van der Waals surface area contributed by atoms with Gasteiger partial charge in [-0.05, 0) is 51.2 Å². The second kappa shape index (κ2) is 6.31. The van der Waals surface area contributed by atoms with Crippen molar-refractivity contribution in [3.05, 3.63) is 29.3 Å². The lowest BCUT2D eigenvalue weighted by molar-refractivity contribution is -0.139. The van der Waals surface area contributed by atoms with Crippen molar-refractivity contribution in [1.82, 2.24) is 0 Å². The number of aliphatic carboxylic acids is 1. The number of unbranched alkanes of at least 4 members (excludes halogenated alkanes) is 1. The second-order valence-corrected chi connectivity index (χ2v) is 7.35. The zero-order chi connectivity index (χ0) is 16.5. The van der Waals surface area contributed by atoms with Crippen molar-refractivity contribution in [1.29, 1.82) is 0 Å². The second-order valence-electron chi connectivity index (χ2n) is 7.35. The Morgan fingerprint density at radius 1 is 1.45 bits per heavy atom. The molecule has 0 amide bonds. The van der Waals surface area contributed by atoms with Crippen molar-refractivity contribution in [2.45, 2.75) is 77.8 Å².